The van der Waals surface area contributed by atoms with Gasteiger partial charge in [-0.25, -0.2) is 0 Å². The van der Waals surface area contributed by atoms with Crippen molar-refractivity contribution in [3.8, 4) is 0 Å². The predicted octanol–water partition coefficient (Wildman–Crippen LogP) is 1.41. The number of carbonyl (C=O) groups is 1. The highest BCUT2D eigenvalue weighted by Crippen LogP contribution is 2.13. The highest BCUT2D eigenvalue weighted by Gasteiger charge is 2.24. The first-order valence-corrected chi connectivity index (χ1v) is 5.48. The van der Waals surface area contributed by atoms with Gasteiger partial charge in [-0.2, -0.15) is 0 Å². The van der Waals surface area contributed by atoms with Gasteiger partial charge in [0.05, 0.1) is 27.7 Å². The third kappa shape index (κ3) is 6.28. The summed E-state index contributed by atoms with van der Waals surface area (Å²) in [6.45, 7) is 8.57. The lowest BCUT2D eigenvalue weighted by atomic mass is 10.0. The van der Waals surface area contributed by atoms with Crippen LogP contribution in [0.1, 0.15) is 20.3 Å². The molecule has 0 radical (unpaired) electrons. The Morgan fingerprint density at radius 1 is 1.40 bits per heavy atom. The van der Waals surface area contributed by atoms with Crippen molar-refractivity contribution in [1.82, 2.24) is 5.32 Å². The smallest absolute Gasteiger partial charge is 0.243 e. The topological polar surface area (TPSA) is 29.1 Å². The second kappa shape index (κ2) is 5.91. The van der Waals surface area contributed by atoms with Gasteiger partial charge in [-0.05, 0) is 12.0 Å². The lowest BCUT2D eigenvalue weighted by Gasteiger charge is -2.35. The van der Waals surface area contributed by atoms with Crippen LogP contribution in [0.25, 0.3) is 0 Å². The molecule has 0 rings (SSSR count). The van der Waals surface area contributed by atoms with E-state index < -0.39 is 0 Å². The van der Waals surface area contributed by atoms with Gasteiger partial charge in [0.25, 0.3) is 0 Å². The van der Waals surface area contributed by atoms with Crippen LogP contribution in [0.3, 0.4) is 0 Å². The molecule has 0 aromatic carbocycles. The first-order valence-electron chi connectivity index (χ1n) is 5.48. The number of likely N-dealkylation sites (N-methyl/N-ethyl adjacent to an activating group) is 1. The van der Waals surface area contributed by atoms with Gasteiger partial charge in [0.15, 0.2) is 0 Å². The normalized spacial score (nSPS) is 13.7. The summed E-state index contributed by atoms with van der Waals surface area (Å²) in [7, 11) is 6.48. The van der Waals surface area contributed by atoms with Crippen LogP contribution in [0, 0.1) is 5.92 Å². The highest BCUT2D eigenvalue weighted by molar-refractivity contribution is 5.86. The van der Waals surface area contributed by atoms with Crippen molar-refractivity contribution >= 4 is 5.91 Å². The van der Waals surface area contributed by atoms with E-state index in [2.05, 4.69) is 46.9 Å². The molecule has 0 aromatic rings. The zero-order valence-corrected chi connectivity index (χ0v) is 10.7. The van der Waals surface area contributed by atoms with E-state index in [0.29, 0.717) is 18.5 Å². The summed E-state index contributed by atoms with van der Waals surface area (Å²) in [4.78, 5) is 11.1. The third-order valence-electron chi connectivity index (χ3n) is 2.54. The molecule has 0 fully saturated rings. The second-order valence-electron chi connectivity index (χ2n) is 5.35. The van der Waals surface area contributed by atoms with E-state index in [0.717, 1.165) is 10.9 Å². The molecule has 0 aliphatic rings. The maximum Gasteiger partial charge on any atom is 0.243 e. The highest BCUT2D eigenvalue weighted by atomic mass is 16.1. The Labute approximate surface area is 93.7 Å². The predicted molar refractivity (Wildman–Crippen MR) is 64.5 cm³/mol. The molecule has 1 amide bonds. The number of quaternary nitrogens is 1. The van der Waals surface area contributed by atoms with E-state index in [9.17, 15) is 4.79 Å². The monoisotopic (exact) mass is 213 g/mol. The van der Waals surface area contributed by atoms with Crippen molar-refractivity contribution < 1.29 is 9.28 Å². The Morgan fingerprint density at radius 2 is 1.93 bits per heavy atom. The number of amides is 1. The fourth-order valence-electron chi connectivity index (χ4n) is 1.51. The summed E-state index contributed by atoms with van der Waals surface area (Å²) in [5.41, 5.74) is 0. The first-order chi connectivity index (χ1) is 6.77. The van der Waals surface area contributed by atoms with E-state index in [1.165, 1.54) is 6.08 Å². The molecule has 0 aliphatic carbocycles. The van der Waals surface area contributed by atoms with Crippen LogP contribution in [0.5, 0.6) is 0 Å². The van der Waals surface area contributed by atoms with Crippen LogP contribution in [0.15, 0.2) is 12.7 Å². The Bertz CT molecular complexity index is 216. The minimum atomic E-state index is -0.0859. The van der Waals surface area contributed by atoms with Crippen molar-refractivity contribution in [2.24, 2.45) is 5.92 Å². The maximum absolute atomic E-state index is 11.1. The first kappa shape index (κ1) is 14.2. The van der Waals surface area contributed by atoms with Gasteiger partial charge in [0.1, 0.15) is 6.04 Å². The molecular formula is C12H25N2O+. The molecule has 1 atom stereocenters. The molecular weight excluding hydrogens is 188 g/mol. The lowest BCUT2D eigenvalue weighted by Crippen LogP contribution is -2.51. The largest absolute Gasteiger partial charge is 0.347 e. The molecule has 1 unspecified atom stereocenters. The Morgan fingerprint density at radius 3 is 2.27 bits per heavy atom. The molecule has 0 bridgehead atoms. The van der Waals surface area contributed by atoms with E-state index in [-0.39, 0.29) is 5.91 Å². The van der Waals surface area contributed by atoms with Crippen LogP contribution >= 0.6 is 0 Å². The Kier molecular flexibility index (Phi) is 5.58. The fourth-order valence-corrected chi connectivity index (χ4v) is 1.51. The van der Waals surface area contributed by atoms with E-state index >= 15 is 0 Å². The molecule has 0 aliphatic heterocycles. The number of hydrogen-bond acceptors (Lipinski definition) is 1. The van der Waals surface area contributed by atoms with E-state index in [1.807, 2.05) is 0 Å². The van der Waals surface area contributed by atoms with Gasteiger partial charge in [0, 0.05) is 6.42 Å². The van der Waals surface area contributed by atoms with Gasteiger partial charge in [0.2, 0.25) is 5.91 Å². The SMILES string of the molecule is C=CC(=O)NCC(CC(C)C)[N+](C)(C)C. The van der Waals surface area contributed by atoms with Crippen LogP contribution in [-0.2, 0) is 4.79 Å². The van der Waals surface area contributed by atoms with Crippen LogP contribution in [-0.4, -0.2) is 44.1 Å². The molecule has 3 heteroatoms. The van der Waals surface area contributed by atoms with Gasteiger partial charge in [-0.3, -0.25) is 4.79 Å². The van der Waals surface area contributed by atoms with Crippen molar-refractivity contribution in [3.63, 3.8) is 0 Å². The van der Waals surface area contributed by atoms with E-state index in [4.69, 9.17) is 0 Å². The number of hydrogen-bond donors (Lipinski definition) is 1. The number of carbonyl (C=O) groups excluding carboxylic acids is 1. The summed E-state index contributed by atoms with van der Waals surface area (Å²) >= 11 is 0. The lowest BCUT2D eigenvalue weighted by molar-refractivity contribution is -0.895. The van der Waals surface area contributed by atoms with E-state index in [1.54, 1.807) is 0 Å². The standard InChI is InChI=1S/C12H24N2O/c1-7-12(15)13-9-11(8-10(2)3)14(4,5)6/h7,10-11H,1,8-9H2,2-6H3/p+1. The Balaban J connectivity index is 4.26. The van der Waals surface area contributed by atoms with Crippen LogP contribution in [0.2, 0.25) is 0 Å². The average Bonchev–Trinajstić information content (AvgIpc) is 2.09. The fraction of sp³-hybridized carbons (Fsp3) is 0.750. The molecule has 0 saturated carbocycles. The summed E-state index contributed by atoms with van der Waals surface area (Å²) in [5.74, 6) is 0.560. The van der Waals surface area contributed by atoms with Gasteiger partial charge in [-0.1, -0.05) is 20.4 Å². The summed E-state index contributed by atoms with van der Waals surface area (Å²) < 4.78 is 0.871. The summed E-state index contributed by atoms with van der Waals surface area (Å²) in [6, 6.07) is 0.453. The minimum Gasteiger partial charge on any atom is -0.347 e. The van der Waals surface area contributed by atoms with Gasteiger partial charge in [-0.15, -0.1) is 0 Å². The zero-order valence-electron chi connectivity index (χ0n) is 10.7. The van der Waals surface area contributed by atoms with Crippen LogP contribution < -0.4 is 5.32 Å². The molecule has 0 spiro atoms. The van der Waals surface area contributed by atoms with Gasteiger partial charge >= 0.3 is 0 Å². The number of rotatable bonds is 6. The number of nitrogens with zero attached hydrogens (tertiary/aromatic N) is 1. The third-order valence-corrected chi connectivity index (χ3v) is 2.54. The quantitative estimate of drug-likeness (QED) is 0.524. The Hall–Kier alpha value is -0.830. The zero-order chi connectivity index (χ0) is 12.1. The molecule has 88 valence electrons. The summed E-state index contributed by atoms with van der Waals surface area (Å²) in [6.07, 6.45) is 2.43. The molecule has 15 heavy (non-hydrogen) atoms. The molecule has 1 N–H and O–H groups in total. The van der Waals surface area contributed by atoms with Crippen molar-refractivity contribution in [2.45, 2.75) is 26.3 Å². The molecule has 0 heterocycles. The summed E-state index contributed by atoms with van der Waals surface area (Å²) in [5, 5.41) is 2.87. The minimum absolute atomic E-state index is 0.0859. The maximum atomic E-state index is 11.1. The molecule has 0 saturated heterocycles. The molecule has 0 aromatic heterocycles. The number of nitrogens with one attached hydrogen (secondary N) is 1. The second-order valence-corrected chi connectivity index (χ2v) is 5.35. The van der Waals surface area contributed by atoms with Crippen molar-refractivity contribution in [2.75, 3.05) is 27.7 Å². The van der Waals surface area contributed by atoms with Crippen molar-refractivity contribution in [1.29, 1.82) is 0 Å². The van der Waals surface area contributed by atoms with Gasteiger partial charge < -0.3 is 9.80 Å². The average molecular weight is 213 g/mol. The van der Waals surface area contributed by atoms with Crippen molar-refractivity contribution in [3.05, 3.63) is 12.7 Å². The molecule has 3 nitrogen and oxygen atoms in total. The van der Waals surface area contributed by atoms with Crippen LogP contribution in [0.4, 0.5) is 0 Å².